The van der Waals surface area contributed by atoms with Crippen LogP contribution in [0.5, 0.6) is 0 Å². The Balaban J connectivity index is 0.943. The third kappa shape index (κ3) is 7.73. The fraction of sp³-hybridized carbons (Fsp3) is 0.0877. The minimum absolute atomic E-state index is 0.945. The number of benzene rings is 8. The highest BCUT2D eigenvalue weighted by Gasteiger charge is 2.20. The van der Waals surface area contributed by atoms with Crippen LogP contribution in [0.1, 0.15) is 66.8 Å². The van der Waals surface area contributed by atoms with Crippen molar-refractivity contribution >= 4 is 23.3 Å². The highest BCUT2D eigenvalue weighted by Crippen LogP contribution is 2.41. The van der Waals surface area contributed by atoms with Crippen LogP contribution in [0.25, 0.3) is 56.7 Å². The van der Waals surface area contributed by atoms with Gasteiger partial charge < -0.3 is 0 Å². The number of aryl methyl sites for hydroxylation is 4. The molecule has 0 aliphatic heterocycles. The molecule has 8 aromatic carbocycles. The first-order valence-electron chi connectivity index (χ1n) is 20.0. The molecule has 0 aromatic heterocycles. The predicted molar refractivity (Wildman–Crippen MR) is 244 cm³/mol. The quantitative estimate of drug-likeness (QED) is 0.137. The molecule has 0 amide bonds. The molecular formula is C57H46. The molecule has 0 saturated carbocycles. The van der Waals surface area contributed by atoms with Crippen LogP contribution in [0.2, 0.25) is 0 Å². The van der Waals surface area contributed by atoms with Crippen LogP contribution in [0.4, 0.5) is 0 Å². The summed E-state index contributed by atoms with van der Waals surface area (Å²) in [7, 11) is 0. The van der Waals surface area contributed by atoms with Gasteiger partial charge in [0.2, 0.25) is 0 Å². The molecule has 0 heterocycles. The van der Waals surface area contributed by atoms with Crippen molar-refractivity contribution in [1.29, 1.82) is 0 Å². The molecule has 57 heavy (non-hydrogen) atoms. The van der Waals surface area contributed by atoms with Gasteiger partial charge >= 0.3 is 0 Å². The van der Waals surface area contributed by atoms with Gasteiger partial charge in [0.25, 0.3) is 0 Å². The lowest BCUT2D eigenvalue weighted by Gasteiger charge is -2.11. The zero-order chi connectivity index (χ0) is 38.9. The molecule has 8 aromatic rings. The number of fused-ring (bicyclic) bond motifs is 3. The van der Waals surface area contributed by atoms with E-state index < -0.39 is 0 Å². The van der Waals surface area contributed by atoms with Crippen LogP contribution in [-0.4, -0.2) is 0 Å². The van der Waals surface area contributed by atoms with Gasteiger partial charge in [0, 0.05) is 0 Å². The molecular weight excluding hydrogens is 685 g/mol. The Hall–Kier alpha value is -6.76. The van der Waals surface area contributed by atoms with Crippen molar-refractivity contribution in [3.63, 3.8) is 0 Å². The van der Waals surface area contributed by atoms with Crippen molar-refractivity contribution in [2.45, 2.75) is 34.1 Å². The van der Waals surface area contributed by atoms with E-state index in [2.05, 4.69) is 222 Å². The van der Waals surface area contributed by atoms with Crippen LogP contribution in [0.3, 0.4) is 0 Å². The molecule has 0 unspecified atom stereocenters. The highest BCUT2D eigenvalue weighted by molar-refractivity contribution is 5.93. The molecule has 0 bridgehead atoms. The lowest BCUT2D eigenvalue weighted by molar-refractivity contribution is 1.26. The number of rotatable bonds is 8. The first-order chi connectivity index (χ1) is 27.8. The molecule has 0 atom stereocenters. The monoisotopic (exact) mass is 730 g/mol. The summed E-state index contributed by atoms with van der Waals surface area (Å²) in [5, 5.41) is 0. The van der Waals surface area contributed by atoms with E-state index in [1.54, 1.807) is 0 Å². The zero-order valence-electron chi connectivity index (χ0n) is 33.2. The standard InChI is InChI=1S/C57H46/c1-38-5-17-46(18-6-38)56(47-19-7-39(2)8-20-47)33-42-13-25-44(26-14-42)50-29-31-54-52(35-50)37-53-36-51(30-32-55(53)54)45-27-15-43(16-28-45)34-57(48-21-9-40(3)10-22-48)49-23-11-41(4)12-24-49/h5-36H,37H2,1-4H3. The van der Waals surface area contributed by atoms with Crippen molar-refractivity contribution in [3.05, 3.63) is 249 Å². The first-order valence-corrected chi connectivity index (χ1v) is 20.0. The highest BCUT2D eigenvalue weighted by atomic mass is 14.2. The third-order valence-electron chi connectivity index (χ3n) is 11.4. The second kappa shape index (κ2) is 15.4. The van der Waals surface area contributed by atoms with Crippen LogP contribution >= 0.6 is 0 Å². The first kappa shape index (κ1) is 35.9. The lowest BCUT2D eigenvalue weighted by atomic mass is 9.93. The van der Waals surface area contributed by atoms with Crippen molar-refractivity contribution in [1.82, 2.24) is 0 Å². The predicted octanol–water partition coefficient (Wildman–Crippen LogP) is 15.0. The van der Waals surface area contributed by atoms with Gasteiger partial charge in [-0.1, -0.05) is 204 Å². The normalized spacial score (nSPS) is 11.4. The van der Waals surface area contributed by atoms with E-state index in [9.17, 15) is 0 Å². The van der Waals surface area contributed by atoms with Crippen LogP contribution < -0.4 is 0 Å². The van der Waals surface area contributed by atoms with E-state index in [1.165, 1.54) is 111 Å². The van der Waals surface area contributed by atoms with Gasteiger partial charge in [-0.3, -0.25) is 0 Å². The van der Waals surface area contributed by atoms with E-state index in [1.807, 2.05) is 0 Å². The van der Waals surface area contributed by atoms with Crippen molar-refractivity contribution < 1.29 is 0 Å². The average Bonchev–Trinajstić information content (AvgIpc) is 3.61. The van der Waals surface area contributed by atoms with Gasteiger partial charge in [0.05, 0.1) is 0 Å². The zero-order valence-corrected chi connectivity index (χ0v) is 33.2. The summed E-state index contributed by atoms with van der Waals surface area (Å²) in [6.07, 6.45) is 5.57. The van der Waals surface area contributed by atoms with Gasteiger partial charge in [-0.25, -0.2) is 0 Å². The van der Waals surface area contributed by atoms with Gasteiger partial charge in [0.15, 0.2) is 0 Å². The topological polar surface area (TPSA) is 0 Å². The Morgan fingerprint density at radius 1 is 0.316 bits per heavy atom. The molecule has 0 nitrogen and oxygen atoms in total. The van der Waals surface area contributed by atoms with Crippen LogP contribution in [0.15, 0.2) is 182 Å². The maximum Gasteiger partial charge on any atom is -0.00130 e. The molecule has 1 aliphatic rings. The fourth-order valence-corrected chi connectivity index (χ4v) is 8.05. The Morgan fingerprint density at radius 3 is 0.895 bits per heavy atom. The van der Waals surface area contributed by atoms with Gasteiger partial charge in [0.1, 0.15) is 0 Å². The molecule has 0 heteroatoms. The average molecular weight is 731 g/mol. The van der Waals surface area contributed by atoms with Crippen LogP contribution in [-0.2, 0) is 6.42 Å². The maximum atomic E-state index is 2.39. The molecule has 1 aliphatic carbocycles. The van der Waals surface area contributed by atoms with Crippen molar-refractivity contribution in [2.75, 3.05) is 0 Å². The molecule has 0 spiro atoms. The minimum Gasteiger partial charge on any atom is -0.0587 e. The molecule has 274 valence electrons. The maximum absolute atomic E-state index is 2.39. The minimum atomic E-state index is 0.945. The molecule has 0 fully saturated rings. The SMILES string of the molecule is Cc1ccc(C(=Cc2ccc(-c3ccc4c(c3)Cc3cc(-c5ccc(C=C(c6ccc(C)cc6)c6ccc(C)cc6)cc5)ccc3-4)cc2)c2ccc(C)cc2)cc1. The van der Waals surface area contributed by atoms with E-state index in [4.69, 9.17) is 0 Å². The van der Waals surface area contributed by atoms with E-state index in [0.717, 1.165) is 6.42 Å². The molecule has 0 saturated heterocycles. The van der Waals surface area contributed by atoms with Gasteiger partial charge in [-0.2, -0.15) is 0 Å². The second-order valence-electron chi connectivity index (χ2n) is 15.7. The fourth-order valence-electron chi connectivity index (χ4n) is 8.05. The summed E-state index contributed by atoms with van der Waals surface area (Å²) in [5.41, 5.74) is 25.3. The summed E-state index contributed by atoms with van der Waals surface area (Å²) in [6, 6.07) is 67.4. The number of hydrogen-bond donors (Lipinski definition) is 0. The summed E-state index contributed by atoms with van der Waals surface area (Å²) in [4.78, 5) is 0. The Bertz CT molecular complexity index is 2460. The largest absolute Gasteiger partial charge is 0.0587 e. The summed E-state index contributed by atoms with van der Waals surface area (Å²) >= 11 is 0. The summed E-state index contributed by atoms with van der Waals surface area (Å²) in [6.45, 7) is 8.56. The Morgan fingerprint density at radius 2 is 0.596 bits per heavy atom. The van der Waals surface area contributed by atoms with Gasteiger partial charge in [-0.05, 0) is 135 Å². The molecule has 9 rings (SSSR count). The van der Waals surface area contributed by atoms with Gasteiger partial charge in [-0.15, -0.1) is 0 Å². The summed E-state index contributed by atoms with van der Waals surface area (Å²) < 4.78 is 0. The van der Waals surface area contributed by atoms with Crippen LogP contribution in [0, 0.1) is 27.7 Å². The van der Waals surface area contributed by atoms with E-state index >= 15 is 0 Å². The summed E-state index contributed by atoms with van der Waals surface area (Å²) in [5.74, 6) is 0. The Labute approximate surface area is 338 Å². The van der Waals surface area contributed by atoms with E-state index in [-0.39, 0.29) is 0 Å². The Kier molecular flexibility index (Phi) is 9.71. The second-order valence-corrected chi connectivity index (χ2v) is 15.7. The lowest BCUT2D eigenvalue weighted by Crippen LogP contribution is -1.90. The van der Waals surface area contributed by atoms with E-state index in [0.29, 0.717) is 0 Å². The molecule has 0 radical (unpaired) electrons. The van der Waals surface area contributed by atoms with Crippen molar-refractivity contribution in [2.24, 2.45) is 0 Å². The number of hydrogen-bond acceptors (Lipinski definition) is 0. The molecule has 0 N–H and O–H groups in total. The smallest absolute Gasteiger partial charge is 0.00130 e. The third-order valence-corrected chi connectivity index (χ3v) is 11.4. The van der Waals surface area contributed by atoms with Crippen molar-refractivity contribution in [3.8, 4) is 33.4 Å².